The van der Waals surface area contributed by atoms with E-state index in [1.165, 1.54) is 0 Å². The van der Waals surface area contributed by atoms with E-state index in [1.807, 2.05) is 47.4 Å². The lowest BCUT2D eigenvalue weighted by Gasteiger charge is -2.35. The fraction of sp³-hybridized carbons (Fsp3) is 0.440. The van der Waals surface area contributed by atoms with E-state index in [1.54, 1.807) is 0 Å². The summed E-state index contributed by atoms with van der Waals surface area (Å²) in [7, 11) is 0. The average molecular weight is 423 g/mol. The summed E-state index contributed by atoms with van der Waals surface area (Å²) in [5.74, 6) is -0.00844. The number of nitrogens with zero attached hydrogens (tertiary/aromatic N) is 2. The summed E-state index contributed by atoms with van der Waals surface area (Å²) in [6, 6.07) is 18.0. The normalized spacial score (nSPS) is 15.4. The van der Waals surface area contributed by atoms with Crippen molar-refractivity contribution >= 4 is 17.6 Å². The van der Waals surface area contributed by atoms with Gasteiger partial charge in [-0.3, -0.25) is 9.69 Å². The van der Waals surface area contributed by atoms with Crippen molar-refractivity contribution in [1.29, 1.82) is 0 Å². The van der Waals surface area contributed by atoms with E-state index in [0.29, 0.717) is 32.7 Å². The molecule has 6 nitrogen and oxygen atoms in total. The van der Waals surface area contributed by atoms with Gasteiger partial charge in [-0.25, -0.2) is 4.79 Å². The van der Waals surface area contributed by atoms with Crippen LogP contribution in [0.4, 0.5) is 10.5 Å². The van der Waals surface area contributed by atoms with Gasteiger partial charge in [0.15, 0.2) is 0 Å². The molecule has 1 heterocycles. The zero-order valence-corrected chi connectivity index (χ0v) is 18.6. The largest absolute Gasteiger partial charge is 0.331 e. The summed E-state index contributed by atoms with van der Waals surface area (Å²) in [6.07, 6.45) is 2.80. The number of anilines is 1. The molecule has 1 aliphatic rings. The Morgan fingerprint density at radius 3 is 2.29 bits per heavy atom. The molecule has 31 heavy (non-hydrogen) atoms. The molecule has 0 radical (unpaired) electrons. The van der Waals surface area contributed by atoms with Crippen LogP contribution in [-0.2, 0) is 11.2 Å². The topological polar surface area (TPSA) is 64.7 Å². The Morgan fingerprint density at radius 1 is 0.935 bits per heavy atom. The number of aryl methyl sites for hydroxylation is 1. The Hall–Kier alpha value is -2.86. The van der Waals surface area contributed by atoms with Crippen molar-refractivity contribution in [2.24, 2.45) is 0 Å². The maximum Gasteiger partial charge on any atom is 0.317 e. The van der Waals surface area contributed by atoms with Crippen molar-refractivity contribution in [2.75, 3.05) is 38.0 Å². The van der Waals surface area contributed by atoms with Crippen LogP contribution in [0, 0.1) is 0 Å². The molecular weight excluding hydrogens is 388 g/mol. The number of carbonyl (C=O) groups is 2. The third kappa shape index (κ3) is 6.56. The third-order valence-electron chi connectivity index (χ3n) is 5.78. The Morgan fingerprint density at radius 2 is 1.61 bits per heavy atom. The summed E-state index contributed by atoms with van der Waals surface area (Å²) in [5, 5.41) is 6.22. The van der Waals surface area contributed by atoms with E-state index < -0.39 is 0 Å². The van der Waals surface area contributed by atoms with Gasteiger partial charge in [0.05, 0.1) is 12.6 Å². The molecular formula is C25H34N4O2. The van der Waals surface area contributed by atoms with Gasteiger partial charge in [-0.05, 0) is 30.0 Å². The van der Waals surface area contributed by atoms with Crippen LogP contribution in [0.5, 0.6) is 0 Å². The van der Waals surface area contributed by atoms with Crippen molar-refractivity contribution in [3.05, 3.63) is 65.7 Å². The molecule has 0 aromatic heterocycles. The Balaban J connectivity index is 1.47. The van der Waals surface area contributed by atoms with Crippen LogP contribution >= 0.6 is 0 Å². The molecule has 0 spiro atoms. The van der Waals surface area contributed by atoms with Crippen LogP contribution < -0.4 is 10.6 Å². The highest BCUT2D eigenvalue weighted by Gasteiger charge is 2.24. The first kappa shape index (κ1) is 22.8. The fourth-order valence-electron chi connectivity index (χ4n) is 3.99. The number of carbonyl (C=O) groups excluding carboxylic acids is 2. The summed E-state index contributed by atoms with van der Waals surface area (Å²) < 4.78 is 0. The number of benzene rings is 2. The van der Waals surface area contributed by atoms with Crippen LogP contribution in [-0.4, -0.2) is 54.5 Å². The summed E-state index contributed by atoms with van der Waals surface area (Å²) >= 11 is 0. The molecule has 1 aliphatic heterocycles. The van der Waals surface area contributed by atoms with E-state index in [9.17, 15) is 9.59 Å². The first-order valence-corrected chi connectivity index (χ1v) is 11.3. The van der Waals surface area contributed by atoms with Crippen LogP contribution in [0.3, 0.4) is 0 Å². The van der Waals surface area contributed by atoms with E-state index in [2.05, 4.69) is 41.5 Å². The summed E-state index contributed by atoms with van der Waals surface area (Å²) in [4.78, 5) is 29.3. The Kier molecular flexibility index (Phi) is 8.47. The molecule has 0 bridgehead atoms. The van der Waals surface area contributed by atoms with Gasteiger partial charge in [0.2, 0.25) is 5.91 Å². The van der Waals surface area contributed by atoms with Crippen LogP contribution in [0.1, 0.15) is 43.9 Å². The maximum atomic E-state index is 12.8. The molecule has 3 amide bonds. The fourth-order valence-corrected chi connectivity index (χ4v) is 3.99. The van der Waals surface area contributed by atoms with Gasteiger partial charge in [-0.2, -0.15) is 0 Å². The lowest BCUT2D eigenvalue weighted by Crippen LogP contribution is -2.53. The first-order chi connectivity index (χ1) is 15.1. The minimum Gasteiger partial charge on any atom is -0.331 e. The number of hydrogen-bond acceptors (Lipinski definition) is 3. The lowest BCUT2D eigenvalue weighted by atomic mass is 10.0. The third-order valence-corrected chi connectivity index (χ3v) is 5.78. The molecule has 1 unspecified atom stereocenters. The number of hydrogen-bond donors (Lipinski definition) is 2. The van der Waals surface area contributed by atoms with E-state index >= 15 is 0 Å². The highest BCUT2D eigenvalue weighted by molar-refractivity contribution is 5.93. The molecule has 2 N–H and O–H groups in total. The summed E-state index contributed by atoms with van der Waals surface area (Å²) in [5.41, 5.74) is 3.16. The van der Waals surface area contributed by atoms with Gasteiger partial charge < -0.3 is 15.5 Å². The van der Waals surface area contributed by atoms with Gasteiger partial charge >= 0.3 is 6.03 Å². The van der Waals surface area contributed by atoms with Crippen LogP contribution in [0.25, 0.3) is 0 Å². The van der Waals surface area contributed by atoms with Crippen LogP contribution in [0.15, 0.2) is 54.6 Å². The molecule has 3 rings (SSSR count). The van der Waals surface area contributed by atoms with Crippen molar-refractivity contribution in [2.45, 2.75) is 39.2 Å². The van der Waals surface area contributed by atoms with Gasteiger partial charge in [-0.15, -0.1) is 0 Å². The molecule has 0 aliphatic carbocycles. The number of para-hydroxylation sites is 1. The second-order valence-electron chi connectivity index (χ2n) is 8.02. The van der Waals surface area contributed by atoms with Gasteiger partial charge in [-0.1, -0.05) is 68.8 Å². The van der Waals surface area contributed by atoms with Gasteiger partial charge in [0.25, 0.3) is 0 Å². The number of amides is 3. The lowest BCUT2D eigenvalue weighted by molar-refractivity contribution is -0.117. The minimum atomic E-state index is -0.0247. The maximum absolute atomic E-state index is 12.8. The smallest absolute Gasteiger partial charge is 0.317 e. The molecule has 1 atom stereocenters. The van der Waals surface area contributed by atoms with Crippen molar-refractivity contribution in [1.82, 2.24) is 15.1 Å². The van der Waals surface area contributed by atoms with Gasteiger partial charge in [0.1, 0.15) is 0 Å². The Bertz CT molecular complexity index is 848. The van der Waals surface area contributed by atoms with E-state index in [-0.39, 0.29) is 18.0 Å². The molecule has 6 heteroatoms. The Labute approximate surface area is 185 Å². The summed E-state index contributed by atoms with van der Waals surface area (Å²) in [6.45, 7) is 7.19. The SMILES string of the molecule is CCCC(NC(=O)N1CCN(CC(=O)Nc2ccccc2CC)CC1)c1ccccc1. The van der Waals surface area contributed by atoms with Crippen molar-refractivity contribution in [3.63, 3.8) is 0 Å². The quantitative estimate of drug-likeness (QED) is 0.674. The monoisotopic (exact) mass is 422 g/mol. The predicted octanol–water partition coefficient (Wildman–Crippen LogP) is 4.06. The molecule has 2 aromatic carbocycles. The predicted molar refractivity (Wildman–Crippen MR) is 125 cm³/mol. The second kappa shape index (κ2) is 11.5. The van der Waals surface area contributed by atoms with Crippen molar-refractivity contribution < 1.29 is 9.59 Å². The second-order valence-corrected chi connectivity index (χ2v) is 8.02. The number of nitrogens with one attached hydrogen (secondary N) is 2. The average Bonchev–Trinajstić information content (AvgIpc) is 2.80. The van der Waals surface area contributed by atoms with E-state index in [0.717, 1.165) is 36.1 Å². The van der Waals surface area contributed by atoms with Crippen molar-refractivity contribution in [3.8, 4) is 0 Å². The molecule has 1 fully saturated rings. The highest BCUT2D eigenvalue weighted by atomic mass is 16.2. The zero-order chi connectivity index (χ0) is 22.1. The highest BCUT2D eigenvalue weighted by Crippen LogP contribution is 2.19. The molecule has 1 saturated heterocycles. The number of urea groups is 1. The molecule has 2 aromatic rings. The number of rotatable bonds is 8. The van der Waals surface area contributed by atoms with E-state index in [4.69, 9.17) is 0 Å². The number of piperazine rings is 1. The first-order valence-electron chi connectivity index (χ1n) is 11.3. The minimum absolute atomic E-state index is 0.00844. The zero-order valence-electron chi connectivity index (χ0n) is 18.6. The van der Waals surface area contributed by atoms with Gasteiger partial charge in [0, 0.05) is 31.9 Å². The van der Waals surface area contributed by atoms with Crippen LogP contribution in [0.2, 0.25) is 0 Å². The molecule has 0 saturated carbocycles. The molecule has 166 valence electrons. The standard InChI is InChI=1S/C25H34N4O2/c1-3-10-22(21-12-6-5-7-13-21)27-25(31)29-17-15-28(16-18-29)19-24(30)26-23-14-9-8-11-20(23)4-2/h5-9,11-14,22H,3-4,10,15-19H2,1-2H3,(H,26,30)(H,27,31).